The van der Waals surface area contributed by atoms with E-state index in [0.717, 1.165) is 25.9 Å². The molecule has 2 N–H and O–H groups in total. The molecule has 0 saturated carbocycles. The summed E-state index contributed by atoms with van der Waals surface area (Å²) in [6.45, 7) is 4.81. The Balaban J connectivity index is 2.63. The molecular weight excluding hydrogens is 164 g/mol. The molecule has 13 heavy (non-hydrogen) atoms. The number of likely N-dealkylation sites (tertiary alicyclic amines) is 1. The van der Waals surface area contributed by atoms with Crippen LogP contribution >= 0.6 is 0 Å². The fourth-order valence-electron chi connectivity index (χ4n) is 2.44. The Hall–Kier alpha value is -0.120. The van der Waals surface area contributed by atoms with Crippen molar-refractivity contribution < 1.29 is 5.11 Å². The molecule has 0 aliphatic carbocycles. The van der Waals surface area contributed by atoms with Gasteiger partial charge in [0.1, 0.15) is 0 Å². The highest BCUT2D eigenvalue weighted by atomic mass is 16.3. The molecule has 1 saturated heterocycles. The molecule has 0 aromatic rings. The summed E-state index contributed by atoms with van der Waals surface area (Å²) in [6, 6.07) is 0. The van der Waals surface area contributed by atoms with Crippen molar-refractivity contribution in [2.45, 2.75) is 25.3 Å². The van der Waals surface area contributed by atoms with Crippen molar-refractivity contribution in [1.29, 1.82) is 0 Å². The van der Waals surface area contributed by atoms with Crippen molar-refractivity contribution >= 4 is 0 Å². The SMILES string of the molecule is CNC1(CCO)CCN(C)CC1C. The number of aliphatic hydroxyl groups is 1. The Labute approximate surface area is 81.1 Å². The lowest BCUT2D eigenvalue weighted by atomic mass is 9.77. The summed E-state index contributed by atoms with van der Waals surface area (Å²) in [6.07, 6.45) is 2.01. The van der Waals surface area contributed by atoms with E-state index >= 15 is 0 Å². The summed E-state index contributed by atoms with van der Waals surface area (Å²) in [4.78, 5) is 2.36. The van der Waals surface area contributed by atoms with Crippen LogP contribution in [-0.4, -0.2) is 49.3 Å². The van der Waals surface area contributed by atoms with E-state index in [2.05, 4.69) is 24.2 Å². The summed E-state index contributed by atoms with van der Waals surface area (Å²) in [5.74, 6) is 0.614. The highest BCUT2D eigenvalue weighted by Crippen LogP contribution is 2.29. The van der Waals surface area contributed by atoms with E-state index in [-0.39, 0.29) is 12.1 Å². The molecule has 0 aromatic heterocycles. The van der Waals surface area contributed by atoms with Gasteiger partial charge in [0.2, 0.25) is 0 Å². The highest BCUT2D eigenvalue weighted by molar-refractivity contribution is 4.96. The summed E-state index contributed by atoms with van der Waals surface area (Å²) in [5, 5.41) is 12.4. The largest absolute Gasteiger partial charge is 0.396 e. The smallest absolute Gasteiger partial charge is 0.0448 e. The Morgan fingerprint density at radius 3 is 2.77 bits per heavy atom. The lowest BCUT2D eigenvalue weighted by Crippen LogP contribution is -2.57. The maximum Gasteiger partial charge on any atom is 0.0448 e. The van der Waals surface area contributed by atoms with Gasteiger partial charge in [-0.3, -0.25) is 0 Å². The van der Waals surface area contributed by atoms with E-state index in [4.69, 9.17) is 5.11 Å². The maximum atomic E-state index is 9.04. The van der Waals surface area contributed by atoms with Gasteiger partial charge in [-0.2, -0.15) is 0 Å². The van der Waals surface area contributed by atoms with Gasteiger partial charge in [0.25, 0.3) is 0 Å². The molecule has 0 amide bonds. The van der Waals surface area contributed by atoms with Crippen molar-refractivity contribution in [2.24, 2.45) is 5.92 Å². The second-order valence-corrected chi connectivity index (χ2v) is 4.29. The molecule has 1 aliphatic heterocycles. The zero-order chi connectivity index (χ0) is 9.90. The average molecular weight is 186 g/mol. The fourth-order valence-corrected chi connectivity index (χ4v) is 2.44. The third-order valence-corrected chi connectivity index (χ3v) is 3.52. The normalized spacial score (nSPS) is 36.5. The predicted molar refractivity (Wildman–Crippen MR) is 54.8 cm³/mol. The van der Waals surface area contributed by atoms with Gasteiger partial charge >= 0.3 is 0 Å². The average Bonchev–Trinajstić information content (AvgIpc) is 2.11. The minimum Gasteiger partial charge on any atom is -0.396 e. The number of hydrogen-bond acceptors (Lipinski definition) is 3. The van der Waals surface area contributed by atoms with E-state index in [1.165, 1.54) is 0 Å². The van der Waals surface area contributed by atoms with Gasteiger partial charge in [-0.05, 0) is 39.4 Å². The van der Waals surface area contributed by atoms with Crippen LogP contribution < -0.4 is 5.32 Å². The van der Waals surface area contributed by atoms with Crippen LogP contribution in [0.25, 0.3) is 0 Å². The zero-order valence-corrected chi connectivity index (χ0v) is 9.01. The molecule has 2 unspecified atom stereocenters. The first-order chi connectivity index (χ1) is 6.14. The van der Waals surface area contributed by atoms with E-state index in [1.54, 1.807) is 0 Å². The predicted octanol–water partition coefficient (Wildman–Crippen LogP) is 0.299. The van der Waals surface area contributed by atoms with E-state index < -0.39 is 0 Å². The van der Waals surface area contributed by atoms with Crippen LogP contribution in [0.1, 0.15) is 19.8 Å². The van der Waals surface area contributed by atoms with Crippen LogP contribution in [0.5, 0.6) is 0 Å². The molecule has 1 aliphatic rings. The Bertz CT molecular complexity index is 163. The van der Waals surface area contributed by atoms with Gasteiger partial charge in [0.05, 0.1) is 0 Å². The Morgan fingerprint density at radius 2 is 2.31 bits per heavy atom. The molecule has 0 bridgehead atoms. The van der Waals surface area contributed by atoms with Crippen molar-refractivity contribution in [3.63, 3.8) is 0 Å². The quantitative estimate of drug-likeness (QED) is 0.665. The van der Waals surface area contributed by atoms with Crippen LogP contribution in [-0.2, 0) is 0 Å². The van der Waals surface area contributed by atoms with Gasteiger partial charge in [-0.15, -0.1) is 0 Å². The minimum atomic E-state index is 0.168. The Kier molecular flexibility index (Phi) is 3.71. The van der Waals surface area contributed by atoms with Crippen LogP contribution in [0.15, 0.2) is 0 Å². The van der Waals surface area contributed by atoms with Gasteiger partial charge in [0.15, 0.2) is 0 Å². The first-order valence-electron chi connectivity index (χ1n) is 5.13. The van der Waals surface area contributed by atoms with Crippen molar-refractivity contribution in [2.75, 3.05) is 33.8 Å². The zero-order valence-electron chi connectivity index (χ0n) is 9.01. The topological polar surface area (TPSA) is 35.5 Å². The molecule has 0 aromatic carbocycles. The van der Waals surface area contributed by atoms with Crippen molar-refractivity contribution in [1.82, 2.24) is 10.2 Å². The molecule has 0 spiro atoms. The van der Waals surface area contributed by atoms with Crippen LogP contribution in [0.2, 0.25) is 0 Å². The second kappa shape index (κ2) is 4.40. The van der Waals surface area contributed by atoms with E-state index in [0.29, 0.717) is 5.92 Å². The van der Waals surface area contributed by atoms with Crippen LogP contribution in [0.3, 0.4) is 0 Å². The first kappa shape index (κ1) is 11.0. The third-order valence-electron chi connectivity index (χ3n) is 3.52. The number of aliphatic hydroxyl groups excluding tert-OH is 1. The molecule has 3 heteroatoms. The first-order valence-corrected chi connectivity index (χ1v) is 5.13. The lowest BCUT2D eigenvalue weighted by Gasteiger charge is -2.45. The molecule has 3 nitrogen and oxygen atoms in total. The molecule has 1 heterocycles. The van der Waals surface area contributed by atoms with Gasteiger partial charge in [0, 0.05) is 18.7 Å². The lowest BCUT2D eigenvalue weighted by molar-refractivity contribution is 0.0761. The number of rotatable bonds is 3. The number of nitrogens with one attached hydrogen (secondary N) is 1. The number of piperidine rings is 1. The fraction of sp³-hybridized carbons (Fsp3) is 1.00. The third kappa shape index (κ3) is 2.22. The van der Waals surface area contributed by atoms with Crippen LogP contribution in [0, 0.1) is 5.92 Å². The number of hydrogen-bond donors (Lipinski definition) is 2. The number of nitrogens with zero attached hydrogens (tertiary/aromatic N) is 1. The second-order valence-electron chi connectivity index (χ2n) is 4.29. The Morgan fingerprint density at radius 1 is 1.62 bits per heavy atom. The monoisotopic (exact) mass is 186 g/mol. The molecule has 1 fully saturated rings. The molecule has 78 valence electrons. The molecular formula is C10H22N2O. The summed E-state index contributed by atoms with van der Waals surface area (Å²) < 4.78 is 0. The molecule has 2 atom stereocenters. The van der Waals surface area contributed by atoms with Crippen LogP contribution in [0.4, 0.5) is 0 Å². The molecule has 1 rings (SSSR count). The minimum absolute atomic E-state index is 0.168. The van der Waals surface area contributed by atoms with E-state index in [9.17, 15) is 0 Å². The summed E-state index contributed by atoms with van der Waals surface area (Å²) >= 11 is 0. The standard InChI is InChI=1S/C10H22N2O/c1-9-8-12(3)6-4-10(9,11-2)5-7-13/h9,11,13H,4-8H2,1-3H3. The summed E-state index contributed by atoms with van der Waals surface area (Å²) in [7, 11) is 4.17. The van der Waals surface area contributed by atoms with Gasteiger partial charge < -0.3 is 15.3 Å². The van der Waals surface area contributed by atoms with Gasteiger partial charge in [-0.25, -0.2) is 0 Å². The van der Waals surface area contributed by atoms with Crippen molar-refractivity contribution in [3.05, 3.63) is 0 Å². The summed E-state index contributed by atoms with van der Waals surface area (Å²) in [5.41, 5.74) is 0.168. The highest BCUT2D eigenvalue weighted by Gasteiger charge is 2.37. The van der Waals surface area contributed by atoms with Gasteiger partial charge in [-0.1, -0.05) is 6.92 Å². The van der Waals surface area contributed by atoms with E-state index in [1.807, 2.05) is 7.05 Å². The molecule has 0 radical (unpaired) electrons. The van der Waals surface area contributed by atoms with Crippen molar-refractivity contribution in [3.8, 4) is 0 Å². The maximum absolute atomic E-state index is 9.04.